The third-order valence-electron chi connectivity index (χ3n) is 3.63. The van der Waals surface area contributed by atoms with E-state index < -0.39 is 0 Å². The minimum Gasteiger partial charge on any atom is -0.457 e. The first kappa shape index (κ1) is 15.5. The van der Waals surface area contributed by atoms with E-state index in [-0.39, 0.29) is 19.1 Å². The number of aryl methyl sites for hydroxylation is 2. The highest BCUT2D eigenvalue weighted by Crippen LogP contribution is 2.24. The molecule has 0 heterocycles. The van der Waals surface area contributed by atoms with Crippen molar-refractivity contribution in [2.45, 2.75) is 19.8 Å². The number of aliphatic hydroxyl groups is 2. The molecule has 2 aromatic rings. The smallest absolute Gasteiger partial charge is 0.127 e. The van der Waals surface area contributed by atoms with Crippen LogP contribution in [0, 0.1) is 12.8 Å². The Morgan fingerprint density at radius 3 is 2.29 bits per heavy atom. The van der Waals surface area contributed by atoms with Gasteiger partial charge in [-0.05, 0) is 55.2 Å². The lowest BCUT2D eigenvalue weighted by atomic mass is 9.98. The lowest BCUT2D eigenvalue weighted by Gasteiger charge is -2.13. The van der Waals surface area contributed by atoms with Gasteiger partial charge in [-0.25, -0.2) is 0 Å². The molecular weight excluding hydrogens is 264 g/mol. The van der Waals surface area contributed by atoms with Crippen molar-refractivity contribution >= 4 is 0 Å². The molecule has 112 valence electrons. The summed E-state index contributed by atoms with van der Waals surface area (Å²) in [5, 5.41) is 18.2. The molecule has 0 aliphatic carbocycles. The summed E-state index contributed by atoms with van der Waals surface area (Å²) < 4.78 is 5.80. The first-order valence-electron chi connectivity index (χ1n) is 7.27. The first-order chi connectivity index (χ1) is 10.2. The maximum atomic E-state index is 9.10. The second kappa shape index (κ2) is 7.81. The van der Waals surface area contributed by atoms with Crippen LogP contribution < -0.4 is 4.74 Å². The van der Waals surface area contributed by atoms with E-state index in [4.69, 9.17) is 14.9 Å². The number of aliphatic hydroxyl groups excluding tert-OH is 2. The summed E-state index contributed by atoms with van der Waals surface area (Å²) in [6.07, 6.45) is 1.63. The summed E-state index contributed by atoms with van der Waals surface area (Å²) in [4.78, 5) is 0. The average Bonchev–Trinajstić information content (AvgIpc) is 2.51. The van der Waals surface area contributed by atoms with Gasteiger partial charge in [-0.15, -0.1) is 0 Å². The molecule has 0 aliphatic rings. The third kappa shape index (κ3) is 4.59. The predicted octanol–water partition coefficient (Wildman–Crippen LogP) is 3.32. The number of para-hydroxylation sites is 1. The van der Waals surface area contributed by atoms with Crippen LogP contribution in [-0.2, 0) is 6.42 Å². The highest BCUT2D eigenvalue weighted by atomic mass is 16.5. The van der Waals surface area contributed by atoms with E-state index in [1.54, 1.807) is 0 Å². The molecule has 21 heavy (non-hydrogen) atoms. The van der Waals surface area contributed by atoms with Crippen molar-refractivity contribution in [1.82, 2.24) is 0 Å². The van der Waals surface area contributed by atoms with Crippen LogP contribution in [0.5, 0.6) is 11.5 Å². The maximum absolute atomic E-state index is 9.10. The zero-order valence-corrected chi connectivity index (χ0v) is 12.3. The number of ether oxygens (including phenoxy) is 1. The van der Waals surface area contributed by atoms with E-state index in [0.29, 0.717) is 0 Å². The molecule has 2 N–H and O–H groups in total. The maximum Gasteiger partial charge on any atom is 0.127 e. The molecule has 0 saturated heterocycles. The molecule has 2 rings (SSSR count). The van der Waals surface area contributed by atoms with Gasteiger partial charge in [0, 0.05) is 19.1 Å². The van der Waals surface area contributed by atoms with Gasteiger partial charge >= 0.3 is 0 Å². The van der Waals surface area contributed by atoms with E-state index in [9.17, 15) is 0 Å². The molecule has 0 bridgehead atoms. The topological polar surface area (TPSA) is 49.7 Å². The Morgan fingerprint density at radius 1 is 0.952 bits per heavy atom. The van der Waals surface area contributed by atoms with Crippen molar-refractivity contribution in [2.75, 3.05) is 13.2 Å². The fraction of sp³-hybridized carbons (Fsp3) is 0.333. The first-order valence-corrected chi connectivity index (χ1v) is 7.27. The molecular formula is C18H22O3. The Hall–Kier alpha value is -1.84. The number of benzene rings is 2. The van der Waals surface area contributed by atoms with Crippen molar-refractivity contribution in [3.63, 3.8) is 0 Å². The van der Waals surface area contributed by atoms with Crippen LogP contribution in [0.25, 0.3) is 0 Å². The molecule has 0 spiro atoms. The Kier molecular flexibility index (Phi) is 5.78. The number of hydrogen-bond donors (Lipinski definition) is 2. The van der Waals surface area contributed by atoms with Gasteiger partial charge in [0.05, 0.1) is 0 Å². The Balaban J connectivity index is 2.00. The molecule has 0 fully saturated rings. The van der Waals surface area contributed by atoms with Crippen LogP contribution in [0.3, 0.4) is 0 Å². The Labute approximate surface area is 125 Å². The van der Waals surface area contributed by atoms with Gasteiger partial charge in [0.15, 0.2) is 0 Å². The van der Waals surface area contributed by atoms with Gasteiger partial charge in [-0.2, -0.15) is 0 Å². The minimum absolute atomic E-state index is 0.0325. The molecule has 0 aromatic heterocycles. The second-order valence-corrected chi connectivity index (χ2v) is 5.27. The fourth-order valence-electron chi connectivity index (χ4n) is 2.24. The average molecular weight is 286 g/mol. The third-order valence-corrected chi connectivity index (χ3v) is 3.63. The van der Waals surface area contributed by atoms with E-state index in [1.165, 1.54) is 5.56 Å². The van der Waals surface area contributed by atoms with Gasteiger partial charge in [0.2, 0.25) is 0 Å². The van der Waals surface area contributed by atoms with Crippen LogP contribution in [-0.4, -0.2) is 23.4 Å². The van der Waals surface area contributed by atoms with Gasteiger partial charge in [0.25, 0.3) is 0 Å². The van der Waals surface area contributed by atoms with Gasteiger partial charge < -0.3 is 14.9 Å². The van der Waals surface area contributed by atoms with Crippen molar-refractivity contribution in [3.8, 4) is 11.5 Å². The van der Waals surface area contributed by atoms with Crippen molar-refractivity contribution in [2.24, 2.45) is 5.92 Å². The molecule has 0 radical (unpaired) electrons. The summed E-state index contributed by atoms with van der Waals surface area (Å²) in [5.41, 5.74) is 2.39. The minimum atomic E-state index is -0.0374. The monoisotopic (exact) mass is 286 g/mol. The van der Waals surface area contributed by atoms with E-state index in [0.717, 1.165) is 29.9 Å². The highest BCUT2D eigenvalue weighted by Gasteiger charge is 2.08. The van der Waals surface area contributed by atoms with Gasteiger partial charge in [-0.1, -0.05) is 24.3 Å². The second-order valence-electron chi connectivity index (χ2n) is 5.27. The van der Waals surface area contributed by atoms with Gasteiger partial charge in [-0.3, -0.25) is 0 Å². The summed E-state index contributed by atoms with van der Waals surface area (Å²) in [6.45, 7) is 2.12. The van der Waals surface area contributed by atoms with Crippen LogP contribution in [0.4, 0.5) is 0 Å². The Bertz CT molecular complexity index is 548. The lowest BCUT2D eigenvalue weighted by Crippen LogP contribution is -2.12. The quantitative estimate of drug-likeness (QED) is 0.821. The van der Waals surface area contributed by atoms with Crippen LogP contribution in [0.15, 0.2) is 48.5 Å². The number of rotatable bonds is 7. The van der Waals surface area contributed by atoms with Crippen molar-refractivity contribution in [3.05, 3.63) is 59.7 Å². The molecule has 3 nitrogen and oxygen atoms in total. The van der Waals surface area contributed by atoms with E-state index >= 15 is 0 Å². The largest absolute Gasteiger partial charge is 0.457 e. The van der Waals surface area contributed by atoms with Crippen molar-refractivity contribution in [1.29, 1.82) is 0 Å². The standard InChI is InChI=1S/C18H22O3/c1-14-11-18(21-17-5-3-2-4-6-17)10-9-16(14)8-7-15(12-19)13-20/h2-6,9-11,15,19-20H,7-8,12-13H2,1H3. The summed E-state index contributed by atoms with van der Waals surface area (Å²) in [6, 6.07) is 15.7. The lowest BCUT2D eigenvalue weighted by molar-refractivity contribution is 0.144. The van der Waals surface area contributed by atoms with Crippen LogP contribution in [0.1, 0.15) is 17.5 Å². The predicted molar refractivity (Wildman–Crippen MR) is 83.7 cm³/mol. The molecule has 0 atom stereocenters. The summed E-state index contributed by atoms with van der Waals surface area (Å²) in [5.74, 6) is 1.61. The molecule has 0 aliphatic heterocycles. The highest BCUT2D eigenvalue weighted by molar-refractivity contribution is 5.37. The molecule has 0 amide bonds. The Morgan fingerprint density at radius 2 is 1.67 bits per heavy atom. The molecule has 3 heteroatoms. The van der Waals surface area contributed by atoms with E-state index in [2.05, 4.69) is 13.0 Å². The zero-order valence-electron chi connectivity index (χ0n) is 12.3. The van der Waals surface area contributed by atoms with Crippen molar-refractivity contribution < 1.29 is 14.9 Å². The van der Waals surface area contributed by atoms with E-state index in [1.807, 2.05) is 42.5 Å². The summed E-state index contributed by atoms with van der Waals surface area (Å²) in [7, 11) is 0. The van der Waals surface area contributed by atoms with Crippen LogP contribution in [0.2, 0.25) is 0 Å². The molecule has 0 saturated carbocycles. The number of hydrogen-bond acceptors (Lipinski definition) is 3. The molecule has 0 unspecified atom stereocenters. The SMILES string of the molecule is Cc1cc(Oc2ccccc2)ccc1CCC(CO)CO. The zero-order chi connectivity index (χ0) is 15.1. The van der Waals surface area contributed by atoms with Gasteiger partial charge in [0.1, 0.15) is 11.5 Å². The fourth-order valence-corrected chi connectivity index (χ4v) is 2.24. The normalized spacial score (nSPS) is 10.9. The van der Waals surface area contributed by atoms with Crippen LogP contribution >= 0.6 is 0 Å². The summed E-state index contributed by atoms with van der Waals surface area (Å²) >= 11 is 0. The molecule has 2 aromatic carbocycles.